The summed E-state index contributed by atoms with van der Waals surface area (Å²) in [7, 11) is 0.940. The van der Waals surface area contributed by atoms with Crippen LogP contribution < -0.4 is 20.4 Å². The van der Waals surface area contributed by atoms with E-state index in [2.05, 4.69) is 62.4 Å². The van der Waals surface area contributed by atoms with Crippen LogP contribution in [0.3, 0.4) is 0 Å². The zero-order valence-electron chi connectivity index (χ0n) is 20.0. The van der Waals surface area contributed by atoms with E-state index >= 15 is 0 Å². The van der Waals surface area contributed by atoms with Gasteiger partial charge in [0.05, 0.1) is 13.2 Å². The Bertz CT molecular complexity index is 607. The Balaban J connectivity index is 1.61. The summed E-state index contributed by atoms with van der Waals surface area (Å²) in [6.45, 7) is 6.17. The van der Waals surface area contributed by atoms with Gasteiger partial charge in [-0.1, -0.05) is 113 Å². The Morgan fingerprint density at radius 3 is 1.23 bits per heavy atom. The molecule has 0 atom stereocenters. The minimum absolute atomic E-state index is 0.825. The molecule has 0 saturated heterocycles. The summed E-state index contributed by atoms with van der Waals surface area (Å²) in [6.07, 6.45) is 15.6. The van der Waals surface area contributed by atoms with Gasteiger partial charge in [0.2, 0.25) is 0 Å². The highest BCUT2D eigenvalue weighted by molar-refractivity contribution is 6.67. The Labute approximate surface area is 192 Å². The van der Waals surface area contributed by atoms with Gasteiger partial charge in [0, 0.05) is 0 Å². The Hall–Kier alpha value is -1.90. The monoisotopic (exact) mass is 422 g/mol. The van der Waals surface area contributed by atoms with Gasteiger partial charge in [0.25, 0.3) is 0 Å². The highest BCUT2D eigenvalue weighted by atomic mass is 16.5. The first-order chi connectivity index (χ1) is 15.3. The lowest BCUT2D eigenvalue weighted by atomic mass is 9.64. The number of hydrogen-bond acceptors (Lipinski definition) is 2. The predicted molar refractivity (Wildman–Crippen MR) is 137 cm³/mol. The summed E-state index contributed by atoms with van der Waals surface area (Å²) in [4.78, 5) is 0. The van der Waals surface area contributed by atoms with E-state index < -0.39 is 0 Å². The van der Waals surface area contributed by atoms with Crippen LogP contribution in [0.1, 0.15) is 90.9 Å². The van der Waals surface area contributed by atoms with Gasteiger partial charge in [-0.05, 0) is 37.1 Å². The first kappa shape index (κ1) is 25.4. The van der Waals surface area contributed by atoms with Crippen molar-refractivity contribution in [2.75, 3.05) is 13.2 Å². The van der Waals surface area contributed by atoms with Crippen LogP contribution in [-0.4, -0.2) is 20.5 Å². The summed E-state index contributed by atoms with van der Waals surface area (Å²) in [5.41, 5.74) is 2.63. The Morgan fingerprint density at radius 1 is 0.484 bits per heavy atom. The second kappa shape index (κ2) is 16.8. The van der Waals surface area contributed by atoms with Gasteiger partial charge in [0.15, 0.2) is 7.28 Å². The lowest BCUT2D eigenvalue weighted by molar-refractivity contribution is 0.304. The van der Waals surface area contributed by atoms with Crippen LogP contribution in [0.2, 0.25) is 0 Å². The van der Waals surface area contributed by atoms with Crippen molar-refractivity contribution in [2.24, 2.45) is 0 Å². The van der Waals surface area contributed by atoms with Crippen LogP contribution in [0, 0.1) is 0 Å². The lowest BCUT2D eigenvalue weighted by Gasteiger charge is -2.08. The SMILES string of the molecule is CCCCCCCCOc1ccc(Bc2ccc(OCCCCCCCC)cc2)cc1. The molecule has 0 aliphatic carbocycles. The van der Waals surface area contributed by atoms with Gasteiger partial charge in [-0.2, -0.15) is 0 Å². The van der Waals surface area contributed by atoms with Gasteiger partial charge in [-0.15, -0.1) is 0 Å². The minimum Gasteiger partial charge on any atom is -0.494 e. The average Bonchev–Trinajstić information content (AvgIpc) is 2.80. The molecule has 0 amide bonds. The van der Waals surface area contributed by atoms with Crippen molar-refractivity contribution in [3.63, 3.8) is 0 Å². The molecule has 0 heterocycles. The van der Waals surface area contributed by atoms with E-state index in [9.17, 15) is 0 Å². The van der Waals surface area contributed by atoms with Gasteiger partial charge < -0.3 is 9.47 Å². The van der Waals surface area contributed by atoms with E-state index in [0.717, 1.165) is 44.8 Å². The third-order valence-electron chi connectivity index (χ3n) is 5.79. The third-order valence-corrected chi connectivity index (χ3v) is 5.79. The molecule has 2 aromatic carbocycles. The van der Waals surface area contributed by atoms with Crippen LogP contribution in [0.25, 0.3) is 0 Å². The molecule has 0 saturated carbocycles. The van der Waals surface area contributed by atoms with Crippen molar-refractivity contribution in [2.45, 2.75) is 90.9 Å². The predicted octanol–water partition coefficient (Wildman–Crippen LogP) is 6.55. The van der Waals surface area contributed by atoms with E-state index in [1.807, 2.05) is 0 Å². The Morgan fingerprint density at radius 2 is 0.839 bits per heavy atom. The van der Waals surface area contributed by atoms with Gasteiger partial charge >= 0.3 is 0 Å². The molecule has 3 heteroatoms. The van der Waals surface area contributed by atoms with Gasteiger partial charge in [-0.25, -0.2) is 0 Å². The minimum atomic E-state index is 0.825. The number of benzene rings is 2. The maximum atomic E-state index is 5.89. The fourth-order valence-corrected chi connectivity index (χ4v) is 3.79. The molecule has 2 nitrogen and oxygen atoms in total. The fraction of sp³-hybridized carbons (Fsp3) is 0.571. The molecule has 2 rings (SSSR count). The number of ether oxygens (including phenoxy) is 2. The van der Waals surface area contributed by atoms with Gasteiger partial charge in [0.1, 0.15) is 11.5 Å². The maximum absolute atomic E-state index is 5.89. The van der Waals surface area contributed by atoms with Crippen molar-refractivity contribution < 1.29 is 9.47 Å². The van der Waals surface area contributed by atoms with E-state index in [0.29, 0.717) is 0 Å². The highest BCUT2D eigenvalue weighted by Crippen LogP contribution is 2.12. The van der Waals surface area contributed by atoms with E-state index in [1.165, 1.54) is 75.1 Å². The molecule has 0 aliphatic heterocycles. The van der Waals surface area contributed by atoms with Crippen molar-refractivity contribution >= 4 is 18.2 Å². The molecule has 0 fully saturated rings. The largest absolute Gasteiger partial charge is 0.494 e. The van der Waals surface area contributed by atoms with Crippen molar-refractivity contribution in [1.82, 2.24) is 0 Å². The Kier molecular flexibility index (Phi) is 13.7. The number of rotatable bonds is 18. The molecule has 0 unspecified atom stereocenters. The molecule has 0 N–H and O–H groups in total. The van der Waals surface area contributed by atoms with Crippen molar-refractivity contribution in [1.29, 1.82) is 0 Å². The van der Waals surface area contributed by atoms with E-state index in [4.69, 9.17) is 9.47 Å². The molecule has 0 aromatic heterocycles. The molecule has 0 bridgehead atoms. The first-order valence-corrected chi connectivity index (χ1v) is 12.7. The average molecular weight is 422 g/mol. The van der Waals surface area contributed by atoms with Crippen LogP contribution in [0.4, 0.5) is 0 Å². The third kappa shape index (κ3) is 11.9. The summed E-state index contributed by atoms with van der Waals surface area (Å²) in [5.74, 6) is 1.96. The quantitative estimate of drug-likeness (QED) is 0.200. The van der Waals surface area contributed by atoms with E-state index in [1.54, 1.807) is 0 Å². The van der Waals surface area contributed by atoms with Crippen LogP contribution in [0.15, 0.2) is 48.5 Å². The topological polar surface area (TPSA) is 18.5 Å². The molecular formula is C28H43BO2. The fourth-order valence-electron chi connectivity index (χ4n) is 3.79. The van der Waals surface area contributed by atoms with Crippen molar-refractivity contribution in [3.05, 3.63) is 48.5 Å². The summed E-state index contributed by atoms with van der Waals surface area (Å²) < 4.78 is 11.8. The van der Waals surface area contributed by atoms with E-state index in [-0.39, 0.29) is 0 Å². The first-order valence-electron chi connectivity index (χ1n) is 12.7. The number of hydrogen-bond donors (Lipinski definition) is 0. The molecule has 170 valence electrons. The van der Waals surface area contributed by atoms with Crippen molar-refractivity contribution in [3.8, 4) is 11.5 Å². The molecular weight excluding hydrogens is 379 g/mol. The highest BCUT2D eigenvalue weighted by Gasteiger charge is 2.02. The summed E-state index contributed by atoms with van der Waals surface area (Å²) in [5, 5.41) is 0. The molecule has 0 aliphatic rings. The molecule has 0 spiro atoms. The van der Waals surface area contributed by atoms with Crippen LogP contribution >= 0.6 is 0 Å². The second-order valence-electron chi connectivity index (χ2n) is 8.70. The van der Waals surface area contributed by atoms with Crippen LogP contribution in [-0.2, 0) is 0 Å². The molecule has 0 radical (unpaired) electrons. The molecule has 2 aromatic rings. The second-order valence-corrected chi connectivity index (χ2v) is 8.70. The summed E-state index contributed by atoms with van der Waals surface area (Å²) in [6, 6.07) is 17.1. The smallest absolute Gasteiger partial charge is 0.192 e. The zero-order valence-corrected chi connectivity index (χ0v) is 20.0. The normalized spacial score (nSPS) is 10.8. The lowest BCUT2D eigenvalue weighted by Crippen LogP contribution is -2.26. The molecule has 31 heavy (non-hydrogen) atoms. The van der Waals surface area contributed by atoms with Crippen LogP contribution in [0.5, 0.6) is 11.5 Å². The summed E-state index contributed by atoms with van der Waals surface area (Å²) >= 11 is 0. The zero-order chi connectivity index (χ0) is 22.0. The standard InChI is InChI=1S/C28H43BO2/c1-3-5-7-9-11-13-23-30-27-19-15-25(16-20-27)29-26-17-21-28(22-18-26)31-24-14-12-10-8-6-4-2/h15-22,29H,3-14,23-24H2,1-2H3. The van der Waals surface area contributed by atoms with Gasteiger partial charge in [-0.3, -0.25) is 0 Å². The maximum Gasteiger partial charge on any atom is 0.192 e. The number of unbranched alkanes of at least 4 members (excludes halogenated alkanes) is 10.